The van der Waals surface area contributed by atoms with Crippen LogP contribution in [0, 0.1) is 3.57 Å². The van der Waals surface area contributed by atoms with Gasteiger partial charge < -0.3 is 9.73 Å². The van der Waals surface area contributed by atoms with E-state index in [2.05, 4.69) is 27.9 Å². The van der Waals surface area contributed by atoms with Gasteiger partial charge in [0.05, 0.1) is 0 Å². The summed E-state index contributed by atoms with van der Waals surface area (Å²) < 4.78 is 6.72. The maximum absolute atomic E-state index is 11.8. The Hall–Kier alpha value is -1.30. The Balaban J connectivity index is 1.82. The van der Waals surface area contributed by atoms with E-state index in [1.807, 2.05) is 43.3 Å². The van der Waals surface area contributed by atoms with E-state index in [0.717, 1.165) is 27.2 Å². The molecule has 0 atom stereocenters. The number of carbonyl (C=O) groups is 1. The molecule has 3 nitrogen and oxygen atoms in total. The van der Waals surface area contributed by atoms with E-state index >= 15 is 0 Å². The van der Waals surface area contributed by atoms with Gasteiger partial charge >= 0.3 is 0 Å². The Morgan fingerprint density at radius 3 is 2.47 bits per heavy atom. The molecule has 1 N–H and O–H groups in total. The van der Waals surface area contributed by atoms with Crippen LogP contribution in [-0.4, -0.2) is 5.91 Å². The first-order chi connectivity index (χ1) is 9.17. The van der Waals surface area contributed by atoms with Crippen LogP contribution in [-0.2, 0) is 17.6 Å². The third kappa shape index (κ3) is 4.38. The summed E-state index contributed by atoms with van der Waals surface area (Å²) in [6.45, 7) is 2.05. The first kappa shape index (κ1) is 14.1. The van der Waals surface area contributed by atoms with Crippen LogP contribution in [0.3, 0.4) is 0 Å². The minimum atomic E-state index is 0.00987. The lowest BCUT2D eigenvalue weighted by molar-refractivity contribution is -0.116. The van der Waals surface area contributed by atoms with Gasteiger partial charge in [-0.1, -0.05) is 6.92 Å². The summed E-state index contributed by atoms with van der Waals surface area (Å²) >= 11 is 2.24. The van der Waals surface area contributed by atoms with Crippen LogP contribution in [0.4, 0.5) is 5.69 Å². The Kier molecular flexibility index (Phi) is 5.01. The molecule has 2 aromatic rings. The van der Waals surface area contributed by atoms with Crippen molar-refractivity contribution in [2.75, 3.05) is 5.32 Å². The predicted octanol–water partition coefficient (Wildman–Crippen LogP) is 4.02. The minimum absolute atomic E-state index is 0.00987. The number of amides is 1. The van der Waals surface area contributed by atoms with Gasteiger partial charge in [-0.05, 0) is 59.0 Å². The number of nitrogens with one attached hydrogen (secondary N) is 1. The normalized spacial score (nSPS) is 10.4. The van der Waals surface area contributed by atoms with Crippen molar-refractivity contribution >= 4 is 34.2 Å². The molecule has 0 radical (unpaired) electrons. The minimum Gasteiger partial charge on any atom is -0.466 e. The molecule has 1 amide bonds. The Morgan fingerprint density at radius 2 is 1.84 bits per heavy atom. The number of hydrogen-bond acceptors (Lipinski definition) is 2. The first-order valence-electron chi connectivity index (χ1n) is 6.30. The summed E-state index contributed by atoms with van der Waals surface area (Å²) in [5.41, 5.74) is 0.833. The maximum Gasteiger partial charge on any atom is 0.224 e. The number of furan rings is 1. The molecule has 2 rings (SSSR count). The van der Waals surface area contributed by atoms with Crippen molar-refractivity contribution in [3.63, 3.8) is 0 Å². The molecule has 0 saturated heterocycles. The zero-order chi connectivity index (χ0) is 13.7. The lowest BCUT2D eigenvalue weighted by atomic mass is 10.2. The van der Waals surface area contributed by atoms with E-state index in [1.54, 1.807) is 0 Å². The lowest BCUT2D eigenvalue weighted by Gasteiger charge is -2.04. The smallest absolute Gasteiger partial charge is 0.224 e. The molecule has 0 unspecified atom stereocenters. The highest BCUT2D eigenvalue weighted by Crippen LogP contribution is 2.13. The van der Waals surface area contributed by atoms with Gasteiger partial charge in [0.15, 0.2) is 0 Å². The Morgan fingerprint density at radius 1 is 1.16 bits per heavy atom. The van der Waals surface area contributed by atoms with E-state index in [0.29, 0.717) is 12.8 Å². The van der Waals surface area contributed by atoms with Crippen molar-refractivity contribution in [1.29, 1.82) is 0 Å². The average Bonchev–Trinajstić information content (AvgIpc) is 2.87. The van der Waals surface area contributed by atoms with Crippen molar-refractivity contribution < 1.29 is 9.21 Å². The van der Waals surface area contributed by atoms with E-state index < -0.39 is 0 Å². The predicted molar refractivity (Wildman–Crippen MR) is 84.2 cm³/mol. The number of carbonyl (C=O) groups excluding carboxylic acids is 1. The zero-order valence-electron chi connectivity index (χ0n) is 10.8. The van der Waals surface area contributed by atoms with Gasteiger partial charge in [-0.3, -0.25) is 4.79 Å². The van der Waals surface area contributed by atoms with Crippen LogP contribution in [0.2, 0.25) is 0 Å². The van der Waals surface area contributed by atoms with Crippen LogP contribution < -0.4 is 5.32 Å². The van der Waals surface area contributed by atoms with Gasteiger partial charge in [0.1, 0.15) is 11.5 Å². The third-order valence-corrected chi connectivity index (χ3v) is 3.51. The highest BCUT2D eigenvalue weighted by Gasteiger charge is 2.06. The molecule has 0 bridgehead atoms. The average molecular weight is 369 g/mol. The quantitative estimate of drug-likeness (QED) is 0.809. The van der Waals surface area contributed by atoms with Crippen molar-refractivity contribution in [2.45, 2.75) is 26.2 Å². The largest absolute Gasteiger partial charge is 0.466 e. The van der Waals surface area contributed by atoms with Crippen LogP contribution in [0.25, 0.3) is 0 Å². The van der Waals surface area contributed by atoms with Crippen LogP contribution in [0.15, 0.2) is 40.8 Å². The molecular weight excluding hydrogens is 353 g/mol. The molecule has 1 aromatic heterocycles. The summed E-state index contributed by atoms with van der Waals surface area (Å²) in [4.78, 5) is 11.8. The van der Waals surface area contributed by atoms with Crippen LogP contribution >= 0.6 is 22.6 Å². The number of aryl methyl sites for hydroxylation is 2. The number of halogens is 1. The number of benzene rings is 1. The van der Waals surface area contributed by atoms with Gasteiger partial charge in [-0.25, -0.2) is 0 Å². The second-order valence-corrected chi connectivity index (χ2v) is 5.52. The summed E-state index contributed by atoms with van der Waals surface area (Å²) in [7, 11) is 0. The Bertz CT molecular complexity index is 546. The van der Waals surface area contributed by atoms with Crippen molar-refractivity contribution in [3.8, 4) is 0 Å². The zero-order valence-corrected chi connectivity index (χ0v) is 12.9. The molecule has 0 spiro atoms. The van der Waals surface area contributed by atoms with E-state index in [9.17, 15) is 4.79 Å². The van der Waals surface area contributed by atoms with E-state index in [-0.39, 0.29) is 5.91 Å². The van der Waals surface area contributed by atoms with Crippen molar-refractivity contribution in [1.82, 2.24) is 0 Å². The maximum atomic E-state index is 11.8. The molecule has 1 heterocycles. The van der Waals surface area contributed by atoms with Crippen molar-refractivity contribution in [3.05, 3.63) is 51.5 Å². The monoisotopic (exact) mass is 369 g/mol. The van der Waals surface area contributed by atoms with Crippen molar-refractivity contribution in [2.24, 2.45) is 0 Å². The fraction of sp³-hybridized carbons (Fsp3) is 0.267. The highest BCUT2D eigenvalue weighted by molar-refractivity contribution is 14.1. The highest BCUT2D eigenvalue weighted by atomic mass is 127. The molecule has 0 fully saturated rings. The fourth-order valence-corrected chi connectivity index (χ4v) is 2.10. The molecule has 4 heteroatoms. The van der Waals surface area contributed by atoms with Gasteiger partial charge in [0.25, 0.3) is 0 Å². The number of rotatable bonds is 5. The molecule has 19 heavy (non-hydrogen) atoms. The molecular formula is C15H16INO2. The van der Waals surface area contributed by atoms with Gasteiger partial charge in [0.2, 0.25) is 5.91 Å². The lowest BCUT2D eigenvalue weighted by Crippen LogP contribution is -2.12. The second kappa shape index (κ2) is 6.75. The summed E-state index contributed by atoms with van der Waals surface area (Å²) in [5.74, 6) is 1.85. The topological polar surface area (TPSA) is 42.2 Å². The fourth-order valence-electron chi connectivity index (χ4n) is 1.74. The Labute approximate surface area is 126 Å². The van der Waals surface area contributed by atoms with Crippen LogP contribution in [0.5, 0.6) is 0 Å². The molecule has 100 valence electrons. The molecule has 0 saturated carbocycles. The number of hydrogen-bond donors (Lipinski definition) is 1. The standard InChI is InChI=1S/C15H16INO2/c1-2-13-7-8-14(19-13)9-10-15(18)17-12-5-3-11(16)4-6-12/h3-8H,2,9-10H2,1H3,(H,17,18). The third-order valence-electron chi connectivity index (χ3n) is 2.79. The first-order valence-corrected chi connectivity index (χ1v) is 7.38. The van der Waals surface area contributed by atoms with Gasteiger partial charge in [-0.2, -0.15) is 0 Å². The van der Waals surface area contributed by atoms with E-state index in [1.165, 1.54) is 0 Å². The summed E-state index contributed by atoms with van der Waals surface area (Å²) in [6.07, 6.45) is 1.95. The van der Waals surface area contributed by atoms with Gasteiger partial charge in [-0.15, -0.1) is 0 Å². The summed E-state index contributed by atoms with van der Waals surface area (Å²) in [5, 5.41) is 2.88. The molecule has 0 aliphatic heterocycles. The van der Waals surface area contributed by atoms with Crippen LogP contribution in [0.1, 0.15) is 24.9 Å². The molecule has 1 aromatic carbocycles. The van der Waals surface area contributed by atoms with E-state index in [4.69, 9.17) is 4.42 Å². The van der Waals surface area contributed by atoms with Gasteiger partial charge in [0, 0.05) is 28.5 Å². The SMILES string of the molecule is CCc1ccc(CCC(=O)Nc2ccc(I)cc2)o1. The molecule has 0 aliphatic rings. The number of anilines is 1. The summed E-state index contributed by atoms with van der Waals surface area (Å²) in [6, 6.07) is 11.7. The molecule has 0 aliphatic carbocycles. The second-order valence-electron chi connectivity index (χ2n) is 4.28.